The molecule has 0 spiro atoms. The summed E-state index contributed by atoms with van der Waals surface area (Å²) in [4.78, 5) is 2.35. The van der Waals surface area contributed by atoms with Gasteiger partial charge in [-0.15, -0.1) is 0 Å². The van der Waals surface area contributed by atoms with E-state index < -0.39 is 0 Å². The Hall–Kier alpha value is -2.41. The van der Waals surface area contributed by atoms with Gasteiger partial charge in [-0.2, -0.15) is 5.10 Å². The number of hydrogen-bond donors (Lipinski definition) is 0. The monoisotopic (exact) mass is 505 g/mol. The van der Waals surface area contributed by atoms with Crippen LogP contribution in [0.25, 0.3) is 16.6 Å². The van der Waals surface area contributed by atoms with Gasteiger partial charge in [0.25, 0.3) is 0 Å². The summed E-state index contributed by atoms with van der Waals surface area (Å²) in [6.45, 7) is 10.2. The lowest BCUT2D eigenvalue weighted by molar-refractivity contribution is 0.0713. The second-order valence-electron chi connectivity index (χ2n) is 10.5. The summed E-state index contributed by atoms with van der Waals surface area (Å²) in [5, 5.41) is 5.27. The normalized spacial score (nSPS) is 17.1. The SMILES string of the molecule is CCCc1c(COCC2CCCCC2)c(COCC)c2c(-c3ccccc3)cc(N3CCOCC3)nn12. The fraction of sp³-hybridized carbons (Fsp3) is 0.581. The van der Waals surface area contributed by atoms with Crippen molar-refractivity contribution < 1.29 is 14.2 Å². The van der Waals surface area contributed by atoms with Gasteiger partial charge in [-0.05, 0) is 43.7 Å². The van der Waals surface area contributed by atoms with Crippen molar-refractivity contribution >= 4 is 11.3 Å². The summed E-state index contributed by atoms with van der Waals surface area (Å²) in [6.07, 6.45) is 8.68. The first kappa shape index (κ1) is 26.2. The third-order valence-electron chi connectivity index (χ3n) is 7.88. The minimum atomic E-state index is 0.574. The molecule has 37 heavy (non-hydrogen) atoms. The summed E-state index contributed by atoms with van der Waals surface area (Å²) in [6, 6.07) is 13.0. The molecule has 1 aliphatic carbocycles. The summed E-state index contributed by atoms with van der Waals surface area (Å²) in [5.74, 6) is 1.71. The summed E-state index contributed by atoms with van der Waals surface area (Å²) in [5.41, 5.74) is 7.35. The number of ether oxygens (including phenoxy) is 3. The molecule has 3 aromatic rings. The van der Waals surface area contributed by atoms with E-state index in [1.54, 1.807) is 0 Å². The van der Waals surface area contributed by atoms with E-state index >= 15 is 0 Å². The number of aromatic nitrogens is 2. The molecule has 1 saturated carbocycles. The summed E-state index contributed by atoms with van der Waals surface area (Å²) in [7, 11) is 0. The van der Waals surface area contributed by atoms with Crippen molar-refractivity contribution in [2.24, 2.45) is 5.92 Å². The number of fused-ring (bicyclic) bond motifs is 1. The Balaban J connectivity index is 1.62. The Kier molecular flexibility index (Phi) is 9.14. The van der Waals surface area contributed by atoms with Crippen LogP contribution in [-0.2, 0) is 33.8 Å². The van der Waals surface area contributed by atoms with E-state index in [1.165, 1.54) is 60.1 Å². The minimum absolute atomic E-state index is 0.574. The lowest BCUT2D eigenvalue weighted by Crippen LogP contribution is -2.37. The van der Waals surface area contributed by atoms with Gasteiger partial charge in [0.15, 0.2) is 0 Å². The molecule has 0 unspecified atom stereocenters. The average Bonchev–Trinajstić information content (AvgIpc) is 3.25. The molecule has 6 nitrogen and oxygen atoms in total. The summed E-state index contributed by atoms with van der Waals surface area (Å²) >= 11 is 0. The van der Waals surface area contributed by atoms with Crippen molar-refractivity contribution in [3.8, 4) is 11.1 Å². The van der Waals surface area contributed by atoms with Gasteiger partial charge < -0.3 is 19.1 Å². The third kappa shape index (κ3) is 6.02. The number of benzene rings is 1. The molecule has 0 bridgehead atoms. The van der Waals surface area contributed by atoms with Crippen molar-refractivity contribution in [3.05, 3.63) is 53.2 Å². The van der Waals surface area contributed by atoms with Crippen molar-refractivity contribution in [2.75, 3.05) is 44.4 Å². The molecule has 1 saturated heterocycles. The first-order valence-corrected chi connectivity index (χ1v) is 14.4. The number of nitrogens with zero attached hydrogens (tertiary/aromatic N) is 3. The minimum Gasteiger partial charge on any atom is -0.378 e. The van der Waals surface area contributed by atoms with Gasteiger partial charge in [-0.3, -0.25) is 0 Å². The number of rotatable bonds is 11. The quantitative estimate of drug-likeness (QED) is 0.301. The van der Waals surface area contributed by atoms with E-state index in [0.29, 0.717) is 25.7 Å². The standard InChI is InChI=1S/C31H43N3O3/c1-3-11-29-27(22-37-21-24-12-7-5-8-13-24)28(23-35-4-2)31-26(25-14-9-6-10-15-25)20-30(32-34(29)31)33-16-18-36-19-17-33/h6,9-10,14-15,20,24H,3-5,7-8,11-13,16-19,21-23H2,1-2H3. The number of anilines is 1. The highest BCUT2D eigenvalue weighted by atomic mass is 16.5. The molecule has 2 fully saturated rings. The van der Waals surface area contributed by atoms with Gasteiger partial charge in [0.05, 0.1) is 31.9 Å². The molecule has 6 heteroatoms. The zero-order valence-corrected chi connectivity index (χ0v) is 22.7. The van der Waals surface area contributed by atoms with Gasteiger partial charge in [-0.1, -0.05) is 62.9 Å². The zero-order valence-electron chi connectivity index (χ0n) is 22.7. The highest BCUT2D eigenvalue weighted by Crippen LogP contribution is 2.36. The molecular weight excluding hydrogens is 462 g/mol. The van der Waals surface area contributed by atoms with E-state index in [2.05, 4.69) is 59.7 Å². The third-order valence-corrected chi connectivity index (χ3v) is 7.88. The molecule has 5 rings (SSSR count). The second kappa shape index (κ2) is 12.9. The predicted molar refractivity (Wildman–Crippen MR) is 149 cm³/mol. The maximum absolute atomic E-state index is 6.46. The van der Waals surface area contributed by atoms with Crippen LogP contribution in [0.5, 0.6) is 0 Å². The van der Waals surface area contributed by atoms with Crippen LogP contribution < -0.4 is 4.90 Å². The van der Waals surface area contributed by atoms with Gasteiger partial charge in [0, 0.05) is 48.7 Å². The summed E-state index contributed by atoms with van der Waals surface area (Å²) < 4.78 is 20.4. The first-order chi connectivity index (χ1) is 18.3. The molecular formula is C31H43N3O3. The van der Waals surface area contributed by atoms with Gasteiger partial charge >= 0.3 is 0 Å². The maximum atomic E-state index is 6.46. The molecule has 0 radical (unpaired) electrons. The van der Waals surface area contributed by atoms with Crippen LogP contribution in [0.3, 0.4) is 0 Å². The lowest BCUT2D eigenvalue weighted by Gasteiger charge is -2.28. The van der Waals surface area contributed by atoms with Gasteiger partial charge in [0.1, 0.15) is 5.82 Å². The largest absolute Gasteiger partial charge is 0.378 e. The first-order valence-electron chi connectivity index (χ1n) is 14.4. The van der Waals surface area contributed by atoms with E-state index in [-0.39, 0.29) is 0 Å². The predicted octanol–water partition coefficient (Wildman–Crippen LogP) is 6.42. The van der Waals surface area contributed by atoms with Crippen molar-refractivity contribution in [1.29, 1.82) is 0 Å². The zero-order chi connectivity index (χ0) is 25.5. The van der Waals surface area contributed by atoms with E-state index in [4.69, 9.17) is 19.3 Å². The molecule has 1 aromatic carbocycles. The maximum Gasteiger partial charge on any atom is 0.150 e. The number of morpholine rings is 1. The topological polar surface area (TPSA) is 48.2 Å². The highest BCUT2D eigenvalue weighted by Gasteiger charge is 2.25. The second-order valence-corrected chi connectivity index (χ2v) is 10.5. The van der Waals surface area contributed by atoms with Crippen molar-refractivity contribution in [1.82, 2.24) is 9.61 Å². The van der Waals surface area contributed by atoms with Crippen LogP contribution in [0.4, 0.5) is 5.82 Å². The molecule has 1 aliphatic heterocycles. The molecule has 0 N–H and O–H groups in total. The molecule has 2 aromatic heterocycles. The van der Waals surface area contributed by atoms with Crippen LogP contribution in [-0.4, -0.2) is 49.1 Å². The van der Waals surface area contributed by atoms with E-state index in [0.717, 1.165) is 57.1 Å². The van der Waals surface area contributed by atoms with Gasteiger partial charge in [-0.25, -0.2) is 4.52 Å². The van der Waals surface area contributed by atoms with Crippen LogP contribution in [0.1, 0.15) is 69.2 Å². The lowest BCUT2D eigenvalue weighted by atomic mass is 9.90. The Labute approximate surface area is 221 Å². The fourth-order valence-electron chi connectivity index (χ4n) is 5.91. The van der Waals surface area contributed by atoms with Gasteiger partial charge in [0.2, 0.25) is 0 Å². The Bertz CT molecular complexity index is 1130. The Morgan fingerprint density at radius 3 is 2.43 bits per heavy atom. The van der Waals surface area contributed by atoms with Crippen LogP contribution in [0.15, 0.2) is 36.4 Å². The van der Waals surface area contributed by atoms with Crippen LogP contribution in [0.2, 0.25) is 0 Å². The average molecular weight is 506 g/mol. The molecule has 3 heterocycles. The Morgan fingerprint density at radius 2 is 1.70 bits per heavy atom. The van der Waals surface area contributed by atoms with E-state index in [9.17, 15) is 0 Å². The molecule has 0 atom stereocenters. The van der Waals surface area contributed by atoms with E-state index in [1.807, 2.05) is 0 Å². The number of aryl methyl sites for hydroxylation is 1. The Morgan fingerprint density at radius 1 is 0.946 bits per heavy atom. The molecule has 200 valence electrons. The van der Waals surface area contributed by atoms with Crippen LogP contribution >= 0.6 is 0 Å². The highest BCUT2D eigenvalue weighted by molar-refractivity contribution is 5.86. The smallest absolute Gasteiger partial charge is 0.150 e. The molecule has 0 amide bonds. The van der Waals surface area contributed by atoms with Crippen molar-refractivity contribution in [2.45, 2.75) is 72.0 Å². The fourth-order valence-corrected chi connectivity index (χ4v) is 5.91. The van der Waals surface area contributed by atoms with Crippen LogP contribution in [0, 0.1) is 5.92 Å². The van der Waals surface area contributed by atoms with Crippen molar-refractivity contribution in [3.63, 3.8) is 0 Å². The number of hydrogen-bond acceptors (Lipinski definition) is 5. The molecule has 2 aliphatic rings.